The van der Waals surface area contributed by atoms with Gasteiger partial charge in [0.1, 0.15) is 0 Å². The first kappa shape index (κ1) is 17.1. The van der Waals surface area contributed by atoms with Crippen LogP contribution in [-0.2, 0) is 17.3 Å². The van der Waals surface area contributed by atoms with Crippen LogP contribution < -0.4 is 4.90 Å². The number of rotatable bonds is 3. The highest BCUT2D eigenvalue weighted by atomic mass is 35.5. The third kappa shape index (κ3) is 2.64. The van der Waals surface area contributed by atoms with Gasteiger partial charge in [0, 0.05) is 6.20 Å². The molecule has 126 valence electrons. The number of carbonyl (C=O) groups is 1. The Bertz CT molecular complexity index is 828. The molecule has 0 aliphatic carbocycles. The molecule has 0 spiro atoms. The van der Waals surface area contributed by atoms with Gasteiger partial charge in [-0.1, -0.05) is 35.3 Å². The molecular formula is C16H12Cl2F2N2O2. The highest BCUT2D eigenvalue weighted by Crippen LogP contribution is 2.48. The molecule has 0 unspecified atom stereocenters. The van der Waals surface area contributed by atoms with Crippen molar-refractivity contribution in [3.8, 4) is 0 Å². The number of hydrogen-bond donors (Lipinski definition) is 1. The summed E-state index contributed by atoms with van der Waals surface area (Å²) in [6.07, 6.45) is 0.199. The molecule has 24 heavy (non-hydrogen) atoms. The van der Waals surface area contributed by atoms with Crippen molar-refractivity contribution in [3.05, 3.63) is 57.3 Å². The lowest BCUT2D eigenvalue weighted by Gasteiger charge is -2.17. The lowest BCUT2D eigenvalue weighted by atomic mass is 9.98. The first-order valence-corrected chi connectivity index (χ1v) is 7.80. The van der Waals surface area contributed by atoms with Gasteiger partial charge in [0.2, 0.25) is 0 Å². The van der Waals surface area contributed by atoms with Crippen LogP contribution in [0.15, 0.2) is 30.5 Å². The van der Waals surface area contributed by atoms with E-state index in [1.165, 1.54) is 37.4 Å². The molecule has 1 amide bonds. The fourth-order valence-corrected chi connectivity index (χ4v) is 3.16. The highest BCUT2D eigenvalue weighted by Gasteiger charge is 2.54. The lowest BCUT2D eigenvalue weighted by molar-refractivity contribution is -0.141. The van der Waals surface area contributed by atoms with Crippen LogP contribution in [0.3, 0.4) is 0 Å². The van der Waals surface area contributed by atoms with Crippen molar-refractivity contribution in [3.63, 3.8) is 0 Å². The summed E-state index contributed by atoms with van der Waals surface area (Å²) in [5.41, 5.74) is -0.171. The average molecular weight is 373 g/mol. The van der Waals surface area contributed by atoms with Crippen molar-refractivity contribution in [2.45, 2.75) is 25.5 Å². The van der Waals surface area contributed by atoms with E-state index in [9.17, 15) is 18.7 Å². The molecule has 0 radical (unpaired) electrons. The number of amides is 1. The molecule has 2 aromatic rings. The number of anilines is 1. The summed E-state index contributed by atoms with van der Waals surface area (Å²) in [6, 6.07) is 5.72. The number of fused-ring (bicyclic) bond motifs is 1. The monoisotopic (exact) mass is 372 g/mol. The molecule has 3 rings (SSSR count). The topological polar surface area (TPSA) is 53.4 Å². The van der Waals surface area contributed by atoms with E-state index in [1.807, 2.05) is 0 Å². The Morgan fingerprint density at radius 3 is 2.71 bits per heavy atom. The molecule has 4 nitrogen and oxygen atoms in total. The van der Waals surface area contributed by atoms with Crippen LogP contribution in [0, 0.1) is 0 Å². The van der Waals surface area contributed by atoms with Crippen molar-refractivity contribution >= 4 is 34.8 Å². The lowest BCUT2D eigenvalue weighted by Crippen LogP contribution is -2.34. The molecule has 1 aliphatic heterocycles. The van der Waals surface area contributed by atoms with Gasteiger partial charge in [0.15, 0.2) is 0 Å². The minimum absolute atomic E-state index is 0.0171. The number of alkyl halides is 2. The number of nitrogens with zero attached hydrogens (tertiary/aromatic N) is 2. The second kappa shape index (κ2) is 5.95. The zero-order valence-corrected chi connectivity index (χ0v) is 13.9. The molecule has 0 bridgehead atoms. The number of aliphatic hydroxyl groups is 1. The number of hydrogen-bond acceptors (Lipinski definition) is 3. The van der Waals surface area contributed by atoms with E-state index in [4.69, 9.17) is 23.2 Å². The van der Waals surface area contributed by atoms with Gasteiger partial charge >= 0.3 is 11.8 Å². The van der Waals surface area contributed by atoms with Gasteiger partial charge in [-0.3, -0.25) is 9.78 Å². The van der Waals surface area contributed by atoms with E-state index in [0.29, 0.717) is 5.02 Å². The predicted molar refractivity (Wildman–Crippen MR) is 86.4 cm³/mol. The van der Waals surface area contributed by atoms with E-state index in [0.717, 1.165) is 4.90 Å². The summed E-state index contributed by atoms with van der Waals surface area (Å²) < 4.78 is 29.0. The van der Waals surface area contributed by atoms with Gasteiger partial charge in [0.25, 0.3) is 0 Å². The molecule has 1 aromatic heterocycles. The van der Waals surface area contributed by atoms with Gasteiger partial charge in [-0.05, 0) is 24.6 Å². The summed E-state index contributed by atoms with van der Waals surface area (Å²) in [7, 11) is 0. The maximum atomic E-state index is 14.5. The minimum atomic E-state index is -3.72. The van der Waals surface area contributed by atoms with Crippen LogP contribution in [0.4, 0.5) is 14.5 Å². The summed E-state index contributed by atoms with van der Waals surface area (Å²) in [4.78, 5) is 17.2. The summed E-state index contributed by atoms with van der Waals surface area (Å²) in [5, 5.41) is 10.2. The highest BCUT2D eigenvalue weighted by molar-refractivity contribution is 6.34. The Morgan fingerprint density at radius 1 is 1.38 bits per heavy atom. The number of benzene rings is 1. The molecule has 0 fully saturated rings. The fourth-order valence-electron chi connectivity index (χ4n) is 2.72. The molecule has 1 aromatic carbocycles. The van der Waals surface area contributed by atoms with E-state index >= 15 is 0 Å². The predicted octanol–water partition coefficient (Wildman–Crippen LogP) is 4.08. The first-order valence-electron chi connectivity index (χ1n) is 7.04. The largest absolute Gasteiger partial charge is 0.389 e. The van der Waals surface area contributed by atoms with Crippen molar-refractivity contribution in [1.29, 1.82) is 0 Å². The van der Waals surface area contributed by atoms with Gasteiger partial charge in [-0.25, -0.2) is 0 Å². The second-order valence-corrected chi connectivity index (χ2v) is 6.31. The van der Waals surface area contributed by atoms with Crippen molar-refractivity contribution in [2.75, 3.05) is 4.90 Å². The van der Waals surface area contributed by atoms with Crippen LogP contribution in [0.25, 0.3) is 0 Å². The minimum Gasteiger partial charge on any atom is -0.389 e. The standard InChI is InChI=1S/C16H12Cl2F2N2O2/c1-8(23)10-3-2-4-13-14(10)16(19,20)15(24)22(13)7-12-11(18)5-9(17)6-21-12/h2-6,8,23H,7H2,1H3/t8-/m0/s1. The molecule has 1 aliphatic rings. The number of halogens is 4. The van der Waals surface area contributed by atoms with Crippen LogP contribution >= 0.6 is 23.2 Å². The van der Waals surface area contributed by atoms with Crippen molar-refractivity contribution < 1.29 is 18.7 Å². The summed E-state index contributed by atoms with van der Waals surface area (Å²) in [6.45, 7) is 1.15. The Balaban J connectivity index is 2.09. The van der Waals surface area contributed by atoms with Gasteiger partial charge in [-0.2, -0.15) is 8.78 Å². The molecule has 1 atom stereocenters. The van der Waals surface area contributed by atoms with Crippen LogP contribution in [0.5, 0.6) is 0 Å². The van der Waals surface area contributed by atoms with Gasteiger partial charge in [-0.15, -0.1) is 0 Å². The molecule has 8 heteroatoms. The number of pyridine rings is 1. The third-order valence-electron chi connectivity index (χ3n) is 3.84. The molecular weight excluding hydrogens is 361 g/mol. The maximum Gasteiger partial charge on any atom is 0.352 e. The second-order valence-electron chi connectivity index (χ2n) is 5.47. The van der Waals surface area contributed by atoms with E-state index < -0.39 is 23.5 Å². The summed E-state index contributed by atoms with van der Waals surface area (Å²) >= 11 is 11.8. The SMILES string of the molecule is C[C@H](O)c1cccc2c1C(F)(F)C(=O)N2Cc1ncc(Cl)cc1Cl. The molecule has 1 N–H and O–H groups in total. The third-order valence-corrected chi connectivity index (χ3v) is 4.37. The van der Waals surface area contributed by atoms with E-state index in [2.05, 4.69) is 4.98 Å². The Morgan fingerprint density at radius 2 is 2.08 bits per heavy atom. The number of aliphatic hydroxyl groups excluding tert-OH is 1. The number of carbonyl (C=O) groups excluding carboxylic acids is 1. The zero-order valence-electron chi connectivity index (χ0n) is 12.4. The molecule has 0 saturated heterocycles. The molecule has 2 heterocycles. The Labute approximate surface area is 146 Å². The quantitative estimate of drug-likeness (QED) is 0.882. The summed E-state index contributed by atoms with van der Waals surface area (Å²) in [5.74, 6) is -5.10. The average Bonchev–Trinajstić information content (AvgIpc) is 2.70. The Hall–Kier alpha value is -1.76. The first-order chi connectivity index (χ1) is 11.2. The van der Waals surface area contributed by atoms with Crippen LogP contribution in [-0.4, -0.2) is 16.0 Å². The van der Waals surface area contributed by atoms with E-state index in [-0.39, 0.29) is 28.5 Å². The van der Waals surface area contributed by atoms with Crippen molar-refractivity contribution in [1.82, 2.24) is 4.98 Å². The number of aromatic nitrogens is 1. The van der Waals surface area contributed by atoms with Crippen LogP contribution in [0.1, 0.15) is 29.8 Å². The van der Waals surface area contributed by atoms with Gasteiger partial charge in [0.05, 0.1) is 39.6 Å². The van der Waals surface area contributed by atoms with Crippen molar-refractivity contribution in [2.24, 2.45) is 0 Å². The zero-order chi connectivity index (χ0) is 17.6. The molecule has 0 saturated carbocycles. The van der Waals surface area contributed by atoms with Gasteiger partial charge < -0.3 is 10.0 Å². The van der Waals surface area contributed by atoms with Crippen LogP contribution in [0.2, 0.25) is 10.0 Å². The smallest absolute Gasteiger partial charge is 0.352 e. The maximum absolute atomic E-state index is 14.5. The van der Waals surface area contributed by atoms with E-state index in [1.54, 1.807) is 0 Å². The normalized spacial score (nSPS) is 17.1. The fraction of sp³-hybridized carbons (Fsp3) is 0.250. The Kier molecular flexibility index (Phi) is 4.23.